The van der Waals surface area contributed by atoms with Crippen molar-refractivity contribution in [1.82, 2.24) is 5.32 Å². The summed E-state index contributed by atoms with van der Waals surface area (Å²) in [6.45, 7) is 3.35. The van der Waals surface area contributed by atoms with E-state index in [1.807, 2.05) is 31.2 Å². The van der Waals surface area contributed by atoms with Gasteiger partial charge in [-0.1, -0.05) is 29.8 Å². The van der Waals surface area contributed by atoms with Gasteiger partial charge in [-0.15, -0.1) is 0 Å². The number of benzene rings is 1. The lowest BCUT2D eigenvalue weighted by atomic mass is 10.1. The zero-order valence-corrected chi connectivity index (χ0v) is 10.1. The van der Waals surface area contributed by atoms with Crippen LogP contribution in [0.25, 0.3) is 5.70 Å². The Hall–Kier alpha value is -2.10. The van der Waals surface area contributed by atoms with Crippen molar-refractivity contribution in [3.63, 3.8) is 0 Å². The van der Waals surface area contributed by atoms with E-state index in [0.717, 1.165) is 11.1 Å². The van der Waals surface area contributed by atoms with E-state index < -0.39 is 5.97 Å². The fraction of sp³-hybridized carbons (Fsp3) is 0.231. The SMILES string of the molecule is COC(=O)C=C(NC(C)=O)c1ccc(C)cc1. The third-order valence-corrected chi connectivity index (χ3v) is 2.14. The topological polar surface area (TPSA) is 55.4 Å². The average Bonchev–Trinajstić information content (AvgIpc) is 2.28. The van der Waals surface area contributed by atoms with Gasteiger partial charge in [0.05, 0.1) is 12.8 Å². The van der Waals surface area contributed by atoms with Gasteiger partial charge in [0.1, 0.15) is 0 Å². The fourth-order valence-corrected chi connectivity index (χ4v) is 1.29. The number of nitrogens with one attached hydrogen (secondary N) is 1. The molecule has 1 rings (SSSR count). The van der Waals surface area contributed by atoms with Gasteiger partial charge < -0.3 is 10.1 Å². The third kappa shape index (κ3) is 4.10. The molecule has 0 aliphatic heterocycles. The molecule has 1 N–H and O–H groups in total. The number of hydrogen-bond donors (Lipinski definition) is 1. The number of hydrogen-bond acceptors (Lipinski definition) is 3. The second kappa shape index (κ2) is 5.84. The number of carbonyl (C=O) groups is 2. The van der Waals surface area contributed by atoms with Crippen molar-refractivity contribution >= 4 is 17.6 Å². The standard InChI is InChI=1S/C13H15NO3/c1-9-4-6-11(7-5-9)12(14-10(2)15)8-13(16)17-3/h4-8H,1-3H3,(H,14,15). The van der Waals surface area contributed by atoms with Gasteiger partial charge in [0, 0.05) is 13.0 Å². The number of rotatable bonds is 3. The molecule has 0 unspecified atom stereocenters. The molecule has 0 radical (unpaired) electrons. The molecule has 0 aliphatic rings. The summed E-state index contributed by atoms with van der Waals surface area (Å²) in [6, 6.07) is 7.48. The van der Waals surface area contributed by atoms with Crippen LogP contribution in [0.3, 0.4) is 0 Å². The second-order valence-electron chi connectivity index (χ2n) is 3.63. The highest BCUT2D eigenvalue weighted by Gasteiger charge is 2.06. The summed E-state index contributed by atoms with van der Waals surface area (Å²) >= 11 is 0. The second-order valence-corrected chi connectivity index (χ2v) is 3.63. The molecular formula is C13H15NO3. The van der Waals surface area contributed by atoms with Crippen molar-refractivity contribution in [2.75, 3.05) is 7.11 Å². The Bertz CT molecular complexity index is 446. The molecule has 1 aromatic carbocycles. The van der Waals surface area contributed by atoms with E-state index in [1.165, 1.54) is 20.1 Å². The molecule has 0 heterocycles. The molecule has 0 aromatic heterocycles. The van der Waals surface area contributed by atoms with Crippen LogP contribution in [-0.2, 0) is 14.3 Å². The van der Waals surface area contributed by atoms with Crippen LogP contribution in [-0.4, -0.2) is 19.0 Å². The Morgan fingerprint density at radius 1 is 1.24 bits per heavy atom. The van der Waals surface area contributed by atoms with Crippen molar-refractivity contribution in [1.29, 1.82) is 0 Å². The van der Waals surface area contributed by atoms with E-state index in [1.54, 1.807) is 0 Å². The van der Waals surface area contributed by atoms with Gasteiger partial charge in [0.15, 0.2) is 0 Å². The Morgan fingerprint density at radius 3 is 2.29 bits per heavy atom. The van der Waals surface area contributed by atoms with Gasteiger partial charge in [0.2, 0.25) is 5.91 Å². The monoisotopic (exact) mass is 233 g/mol. The van der Waals surface area contributed by atoms with Crippen molar-refractivity contribution in [3.8, 4) is 0 Å². The quantitative estimate of drug-likeness (QED) is 0.638. The zero-order valence-electron chi connectivity index (χ0n) is 10.1. The maximum absolute atomic E-state index is 11.2. The molecule has 0 spiro atoms. The highest BCUT2D eigenvalue weighted by atomic mass is 16.5. The number of carbonyl (C=O) groups excluding carboxylic acids is 2. The molecule has 17 heavy (non-hydrogen) atoms. The van der Waals surface area contributed by atoms with Crippen LogP contribution >= 0.6 is 0 Å². The van der Waals surface area contributed by atoms with E-state index in [9.17, 15) is 9.59 Å². The lowest BCUT2D eigenvalue weighted by molar-refractivity contribution is -0.134. The predicted molar refractivity (Wildman–Crippen MR) is 65.0 cm³/mol. The van der Waals surface area contributed by atoms with Gasteiger partial charge in [0.25, 0.3) is 0 Å². The summed E-state index contributed by atoms with van der Waals surface area (Å²) < 4.78 is 4.54. The summed E-state index contributed by atoms with van der Waals surface area (Å²) in [4.78, 5) is 22.3. The van der Waals surface area contributed by atoms with Gasteiger partial charge in [-0.3, -0.25) is 4.79 Å². The third-order valence-electron chi connectivity index (χ3n) is 2.14. The Kier molecular flexibility index (Phi) is 4.46. The molecule has 4 nitrogen and oxygen atoms in total. The van der Waals surface area contributed by atoms with Crippen LogP contribution < -0.4 is 5.32 Å². The van der Waals surface area contributed by atoms with Crippen LogP contribution in [0.4, 0.5) is 0 Å². The smallest absolute Gasteiger partial charge is 0.332 e. The number of aryl methyl sites for hydroxylation is 1. The molecule has 4 heteroatoms. The summed E-state index contributed by atoms with van der Waals surface area (Å²) in [6.07, 6.45) is 1.26. The average molecular weight is 233 g/mol. The molecule has 90 valence electrons. The number of amides is 1. The molecular weight excluding hydrogens is 218 g/mol. The molecule has 0 fully saturated rings. The minimum atomic E-state index is -0.505. The summed E-state index contributed by atoms with van der Waals surface area (Å²) in [5.74, 6) is -0.741. The van der Waals surface area contributed by atoms with Crippen molar-refractivity contribution in [3.05, 3.63) is 41.5 Å². The Balaban J connectivity index is 3.05. The van der Waals surface area contributed by atoms with E-state index >= 15 is 0 Å². The summed E-state index contributed by atoms with van der Waals surface area (Å²) in [7, 11) is 1.29. The van der Waals surface area contributed by atoms with Crippen LogP contribution in [0.1, 0.15) is 18.1 Å². The van der Waals surface area contributed by atoms with Gasteiger partial charge >= 0.3 is 5.97 Å². The van der Waals surface area contributed by atoms with Crippen molar-refractivity contribution in [2.24, 2.45) is 0 Å². The van der Waals surface area contributed by atoms with E-state index in [-0.39, 0.29) is 5.91 Å². The Morgan fingerprint density at radius 2 is 1.82 bits per heavy atom. The van der Waals surface area contributed by atoms with E-state index in [4.69, 9.17) is 0 Å². The Labute approximate surface area is 100 Å². The minimum absolute atomic E-state index is 0.235. The first kappa shape index (κ1) is 13.0. The molecule has 0 aliphatic carbocycles. The zero-order chi connectivity index (χ0) is 12.8. The summed E-state index contributed by atoms with van der Waals surface area (Å²) in [5.41, 5.74) is 2.30. The maximum Gasteiger partial charge on any atom is 0.332 e. The lowest BCUT2D eigenvalue weighted by Crippen LogP contribution is -2.19. The molecule has 0 saturated carbocycles. The van der Waals surface area contributed by atoms with Crippen molar-refractivity contribution in [2.45, 2.75) is 13.8 Å². The summed E-state index contributed by atoms with van der Waals surface area (Å²) in [5, 5.41) is 2.60. The number of esters is 1. The molecule has 0 atom stereocenters. The molecule has 0 bridgehead atoms. The fourth-order valence-electron chi connectivity index (χ4n) is 1.29. The number of methoxy groups -OCH3 is 1. The van der Waals surface area contributed by atoms with Crippen LogP contribution in [0.5, 0.6) is 0 Å². The van der Waals surface area contributed by atoms with Crippen LogP contribution in [0.15, 0.2) is 30.3 Å². The first-order chi connectivity index (χ1) is 8.02. The molecule has 1 aromatic rings. The lowest BCUT2D eigenvalue weighted by Gasteiger charge is -2.08. The first-order valence-electron chi connectivity index (χ1n) is 5.17. The minimum Gasteiger partial charge on any atom is -0.466 e. The van der Waals surface area contributed by atoms with Gasteiger partial charge in [-0.25, -0.2) is 4.79 Å². The van der Waals surface area contributed by atoms with Crippen molar-refractivity contribution < 1.29 is 14.3 Å². The highest BCUT2D eigenvalue weighted by Crippen LogP contribution is 2.12. The van der Waals surface area contributed by atoms with Crippen LogP contribution in [0.2, 0.25) is 0 Å². The molecule has 1 amide bonds. The van der Waals surface area contributed by atoms with Crippen LogP contribution in [0, 0.1) is 6.92 Å². The van der Waals surface area contributed by atoms with E-state index in [2.05, 4.69) is 10.1 Å². The van der Waals surface area contributed by atoms with E-state index in [0.29, 0.717) is 5.70 Å². The highest BCUT2D eigenvalue weighted by molar-refractivity contribution is 5.95. The van der Waals surface area contributed by atoms with Gasteiger partial charge in [-0.05, 0) is 12.5 Å². The first-order valence-corrected chi connectivity index (χ1v) is 5.17. The predicted octanol–water partition coefficient (Wildman–Crippen LogP) is 1.65. The molecule has 0 saturated heterocycles. The maximum atomic E-state index is 11.2. The normalized spacial score (nSPS) is 10.9. The largest absolute Gasteiger partial charge is 0.466 e. The number of ether oxygens (including phenoxy) is 1. The van der Waals surface area contributed by atoms with Gasteiger partial charge in [-0.2, -0.15) is 0 Å².